The van der Waals surface area contributed by atoms with Crippen molar-refractivity contribution in [2.45, 2.75) is 44.9 Å². The van der Waals surface area contributed by atoms with Crippen molar-refractivity contribution in [2.24, 2.45) is 4.99 Å². The Morgan fingerprint density at radius 1 is 1.15 bits per heavy atom. The summed E-state index contributed by atoms with van der Waals surface area (Å²) in [5.41, 5.74) is 4.97. The molecule has 1 aromatic carbocycles. The predicted molar refractivity (Wildman–Crippen MR) is 159 cm³/mol. The van der Waals surface area contributed by atoms with Crippen molar-refractivity contribution in [3.8, 4) is 11.3 Å². The maximum absolute atomic E-state index is 13.4. The number of likely N-dealkylation sites (tertiary alicyclic amines) is 1. The molecule has 4 aromatic rings. The number of hydrogen-bond donors (Lipinski definition) is 1. The molecular weight excluding hydrogens is 527 g/mol. The lowest BCUT2D eigenvalue weighted by Crippen LogP contribution is -2.39. The van der Waals surface area contributed by atoms with Crippen LogP contribution in [0.1, 0.15) is 49.8 Å². The fraction of sp³-hybridized carbons (Fsp3) is 0.433. The molecule has 5 rings (SSSR count). The molecule has 0 bridgehead atoms. The molecule has 40 heavy (non-hydrogen) atoms. The van der Waals surface area contributed by atoms with Crippen LogP contribution in [-0.2, 0) is 11.2 Å². The molecule has 1 N–H and O–H groups in total. The van der Waals surface area contributed by atoms with Crippen molar-refractivity contribution < 1.29 is 14.2 Å². The van der Waals surface area contributed by atoms with Crippen molar-refractivity contribution in [1.82, 2.24) is 19.3 Å². The first-order valence-corrected chi connectivity index (χ1v) is 14.8. The molecule has 0 atom stereocenters. The Balaban J connectivity index is 1.35. The fourth-order valence-electron chi connectivity index (χ4n) is 5.29. The molecule has 0 spiro atoms. The minimum Gasteiger partial charge on any atom is -0.468 e. The third kappa shape index (κ3) is 5.97. The highest BCUT2D eigenvalue weighted by Gasteiger charge is 2.25. The zero-order valence-corrected chi connectivity index (χ0v) is 24.2. The SMILES string of the molecule is CCc1nc2ccc(C3CCN(C(=NCCCCO)OC)CC3)cn2c1N(C)c1nc(-c2ccc(F)cc2)cs1. The number of unbranched alkanes of at least 4 members (excludes halogenated alkanes) is 1. The van der Waals surface area contributed by atoms with Crippen molar-refractivity contribution in [3.05, 3.63) is 65.0 Å². The lowest BCUT2D eigenvalue weighted by Gasteiger charge is -2.33. The number of aliphatic imine (C=N–C) groups is 1. The smallest absolute Gasteiger partial charge is 0.286 e. The summed E-state index contributed by atoms with van der Waals surface area (Å²) < 4.78 is 21.2. The summed E-state index contributed by atoms with van der Waals surface area (Å²) in [6, 6.07) is 11.5. The maximum atomic E-state index is 13.4. The van der Waals surface area contributed by atoms with Crippen molar-refractivity contribution in [2.75, 3.05) is 45.3 Å². The van der Waals surface area contributed by atoms with Crippen LogP contribution < -0.4 is 4.90 Å². The summed E-state index contributed by atoms with van der Waals surface area (Å²) in [7, 11) is 3.71. The number of piperidine rings is 1. The van der Waals surface area contributed by atoms with Crippen molar-refractivity contribution >= 4 is 34.0 Å². The molecule has 1 aliphatic heterocycles. The number of aliphatic hydroxyl groups excluding tert-OH is 1. The average molecular weight is 565 g/mol. The van der Waals surface area contributed by atoms with Gasteiger partial charge in [0.05, 0.1) is 18.5 Å². The highest BCUT2D eigenvalue weighted by molar-refractivity contribution is 7.14. The van der Waals surface area contributed by atoms with Gasteiger partial charge in [-0.1, -0.05) is 13.0 Å². The van der Waals surface area contributed by atoms with Gasteiger partial charge in [0.1, 0.15) is 17.3 Å². The van der Waals surface area contributed by atoms with Gasteiger partial charge in [-0.05, 0) is 73.9 Å². The van der Waals surface area contributed by atoms with E-state index in [4.69, 9.17) is 19.8 Å². The zero-order valence-electron chi connectivity index (χ0n) is 23.4. The van der Waals surface area contributed by atoms with Gasteiger partial charge >= 0.3 is 0 Å². The number of aromatic nitrogens is 3. The molecule has 212 valence electrons. The van der Waals surface area contributed by atoms with Gasteiger partial charge in [-0.3, -0.25) is 4.40 Å². The number of nitrogens with zero attached hydrogens (tertiary/aromatic N) is 6. The van der Waals surface area contributed by atoms with Gasteiger partial charge in [-0.2, -0.15) is 0 Å². The molecular formula is C30H37FN6O2S. The summed E-state index contributed by atoms with van der Waals surface area (Å²) in [5, 5.41) is 11.9. The number of imidazole rings is 1. The van der Waals surface area contributed by atoms with E-state index in [9.17, 15) is 4.39 Å². The molecule has 10 heteroatoms. The summed E-state index contributed by atoms with van der Waals surface area (Å²) in [5.74, 6) is 1.20. The monoisotopic (exact) mass is 564 g/mol. The van der Waals surface area contributed by atoms with E-state index in [1.165, 1.54) is 17.7 Å². The largest absolute Gasteiger partial charge is 0.468 e. The molecule has 0 saturated carbocycles. The molecule has 0 radical (unpaired) electrons. The highest BCUT2D eigenvalue weighted by Crippen LogP contribution is 2.35. The van der Waals surface area contributed by atoms with Crippen molar-refractivity contribution in [3.63, 3.8) is 0 Å². The second-order valence-corrected chi connectivity index (χ2v) is 10.9. The number of aryl methyl sites for hydroxylation is 1. The van der Waals surface area contributed by atoms with Gasteiger partial charge in [-0.15, -0.1) is 11.3 Å². The quantitative estimate of drug-likeness (QED) is 0.155. The first kappa shape index (κ1) is 28.0. The number of pyridine rings is 1. The predicted octanol–water partition coefficient (Wildman–Crippen LogP) is 5.88. The van der Waals surface area contributed by atoms with E-state index in [1.54, 1.807) is 30.6 Å². The minimum absolute atomic E-state index is 0.197. The Hall–Kier alpha value is -3.50. The lowest BCUT2D eigenvalue weighted by molar-refractivity contribution is 0.237. The van der Waals surface area contributed by atoms with Crippen LogP contribution in [0.15, 0.2) is 53.0 Å². The van der Waals surface area contributed by atoms with E-state index in [-0.39, 0.29) is 12.4 Å². The minimum atomic E-state index is -0.252. The van der Waals surface area contributed by atoms with E-state index in [1.807, 2.05) is 12.4 Å². The average Bonchev–Trinajstić information content (AvgIpc) is 3.62. The van der Waals surface area contributed by atoms with Gasteiger partial charge in [-0.25, -0.2) is 19.4 Å². The summed E-state index contributed by atoms with van der Waals surface area (Å²) in [4.78, 5) is 18.7. The topological polar surface area (TPSA) is 78.5 Å². The van der Waals surface area contributed by atoms with Crippen LogP contribution >= 0.6 is 11.3 Å². The Labute approximate surface area is 238 Å². The second-order valence-electron chi connectivity index (χ2n) is 10.1. The molecule has 1 aliphatic rings. The molecule has 8 nitrogen and oxygen atoms in total. The summed E-state index contributed by atoms with van der Waals surface area (Å²) in [6.07, 6.45) is 6.69. The second kappa shape index (κ2) is 12.8. The number of methoxy groups -OCH3 is 1. The molecule has 1 fully saturated rings. The van der Waals surface area contributed by atoms with Crippen LogP contribution in [0.4, 0.5) is 15.3 Å². The van der Waals surface area contributed by atoms with E-state index in [2.05, 4.69) is 44.4 Å². The number of fused-ring (bicyclic) bond motifs is 1. The molecule has 0 amide bonds. The zero-order chi connectivity index (χ0) is 28.1. The van der Waals surface area contributed by atoms with Gasteiger partial charge in [0.2, 0.25) is 0 Å². The van der Waals surface area contributed by atoms with Gasteiger partial charge in [0.15, 0.2) is 5.13 Å². The molecule has 3 aromatic heterocycles. The van der Waals surface area contributed by atoms with Crippen LogP contribution in [0, 0.1) is 5.82 Å². The van der Waals surface area contributed by atoms with E-state index < -0.39 is 0 Å². The number of amidine groups is 1. The van der Waals surface area contributed by atoms with Crippen LogP contribution in [0.2, 0.25) is 0 Å². The number of ether oxygens (including phenoxy) is 1. The van der Waals surface area contributed by atoms with Crippen LogP contribution in [-0.4, -0.2) is 70.8 Å². The van der Waals surface area contributed by atoms with Crippen LogP contribution in [0.25, 0.3) is 16.9 Å². The summed E-state index contributed by atoms with van der Waals surface area (Å²) in [6.45, 7) is 4.76. The number of hydrogen-bond acceptors (Lipinski definition) is 7. The number of aliphatic hydroxyl groups is 1. The molecule has 1 saturated heterocycles. The Morgan fingerprint density at radius 3 is 2.62 bits per heavy atom. The number of anilines is 2. The van der Waals surface area contributed by atoms with Crippen LogP contribution in [0.3, 0.4) is 0 Å². The first-order valence-electron chi connectivity index (χ1n) is 13.9. The molecule has 4 heterocycles. The van der Waals surface area contributed by atoms with E-state index >= 15 is 0 Å². The van der Waals surface area contributed by atoms with Gasteiger partial charge in [0, 0.05) is 50.4 Å². The molecule has 0 aliphatic carbocycles. The number of halogens is 1. The van der Waals surface area contributed by atoms with Gasteiger partial charge < -0.3 is 19.6 Å². The number of benzene rings is 1. The van der Waals surface area contributed by atoms with Crippen molar-refractivity contribution in [1.29, 1.82) is 0 Å². The molecule has 0 unspecified atom stereocenters. The van der Waals surface area contributed by atoms with E-state index in [0.29, 0.717) is 18.5 Å². The third-order valence-corrected chi connectivity index (χ3v) is 8.41. The number of thiazole rings is 1. The standard InChI is InChI=1S/C30H37FN6O2S/c1-4-25-28(35(2)30-34-26(20-40-30)22-7-10-24(31)11-8-22)37-19-23(9-12-27(37)33-25)21-13-16-36(17-14-21)29(39-3)32-15-5-6-18-38/h7-12,19-21,38H,4-6,13-18H2,1-3H3. The fourth-order valence-corrected chi connectivity index (χ4v) is 6.09. The highest BCUT2D eigenvalue weighted by atomic mass is 32.1. The van der Waals surface area contributed by atoms with Crippen LogP contribution in [0.5, 0.6) is 0 Å². The first-order chi connectivity index (χ1) is 19.5. The third-order valence-electron chi connectivity index (χ3n) is 7.49. The lowest BCUT2D eigenvalue weighted by atomic mass is 9.90. The Bertz CT molecular complexity index is 1440. The normalized spacial score (nSPS) is 14.7. The number of rotatable bonds is 9. The van der Waals surface area contributed by atoms with Gasteiger partial charge in [0.25, 0.3) is 6.02 Å². The maximum Gasteiger partial charge on any atom is 0.286 e. The Kier molecular flexibility index (Phi) is 8.96. The van der Waals surface area contributed by atoms with E-state index in [0.717, 1.165) is 78.7 Å². The Morgan fingerprint density at radius 2 is 1.93 bits per heavy atom. The summed E-state index contributed by atoms with van der Waals surface area (Å²) >= 11 is 1.57.